The van der Waals surface area contributed by atoms with Crippen LogP contribution in [0.4, 0.5) is 0 Å². The second-order valence-electron chi connectivity index (χ2n) is 8.23. The van der Waals surface area contributed by atoms with Crippen LogP contribution in [0.1, 0.15) is 22.6 Å². The molecule has 3 aromatic carbocycles. The first-order chi connectivity index (χ1) is 15.3. The molecule has 4 nitrogen and oxygen atoms in total. The molecule has 1 amide bonds. The van der Waals surface area contributed by atoms with Gasteiger partial charge in [-0.15, -0.1) is 0 Å². The lowest BCUT2D eigenvalue weighted by molar-refractivity contribution is -0.135. The number of fused-ring (bicyclic) bond motifs is 1. The molecule has 0 aliphatic carbocycles. The van der Waals surface area contributed by atoms with Gasteiger partial charge in [-0.25, -0.2) is 0 Å². The molecule has 4 heteroatoms. The summed E-state index contributed by atoms with van der Waals surface area (Å²) in [5, 5.41) is 4.64. The summed E-state index contributed by atoms with van der Waals surface area (Å²) in [5.41, 5.74) is 4.79. The summed E-state index contributed by atoms with van der Waals surface area (Å²) in [6.45, 7) is 2.24. The van der Waals surface area contributed by atoms with Gasteiger partial charge in [0.05, 0.1) is 6.04 Å². The number of amides is 1. The van der Waals surface area contributed by atoms with Crippen molar-refractivity contribution < 1.29 is 4.79 Å². The molecular formula is C27H27N3O. The predicted octanol–water partition coefficient (Wildman–Crippen LogP) is 4.34. The standard InChI is InChI=1S/C27H27N3O/c31-27-26(17-22-18-29-25-14-8-7-13-23(22)25)28-15-16-30(27)19-24(20-9-3-1-4-10-20)21-11-5-2-6-12-21/h1-14,18,24,26,28-29H,15-17,19H2. The van der Waals surface area contributed by atoms with E-state index in [1.165, 1.54) is 22.1 Å². The molecule has 0 spiro atoms. The van der Waals surface area contributed by atoms with Gasteiger partial charge in [0.25, 0.3) is 0 Å². The molecule has 1 aromatic heterocycles. The molecule has 1 unspecified atom stereocenters. The monoisotopic (exact) mass is 409 g/mol. The Bertz CT molecular complexity index is 1110. The molecule has 1 fully saturated rings. The van der Waals surface area contributed by atoms with Crippen LogP contribution >= 0.6 is 0 Å². The van der Waals surface area contributed by atoms with E-state index in [2.05, 4.69) is 71.0 Å². The summed E-state index contributed by atoms with van der Waals surface area (Å²) in [6.07, 6.45) is 2.73. The number of nitrogens with zero attached hydrogens (tertiary/aromatic N) is 1. The summed E-state index contributed by atoms with van der Waals surface area (Å²) < 4.78 is 0. The van der Waals surface area contributed by atoms with E-state index in [0.717, 1.165) is 18.6 Å². The van der Waals surface area contributed by atoms with Gasteiger partial charge in [0, 0.05) is 42.7 Å². The lowest BCUT2D eigenvalue weighted by Gasteiger charge is -2.36. The summed E-state index contributed by atoms with van der Waals surface area (Å²) >= 11 is 0. The van der Waals surface area contributed by atoms with Gasteiger partial charge in [0.2, 0.25) is 5.91 Å². The first kappa shape index (κ1) is 19.6. The number of para-hydroxylation sites is 1. The molecule has 2 N–H and O–H groups in total. The molecule has 31 heavy (non-hydrogen) atoms. The van der Waals surface area contributed by atoms with Gasteiger partial charge in [0.15, 0.2) is 0 Å². The Labute approximate surface area is 182 Å². The van der Waals surface area contributed by atoms with Crippen molar-refractivity contribution in [2.75, 3.05) is 19.6 Å². The highest BCUT2D eigenvalue weighted by molar-refractivity contribution is 5.86. The minimum atomic E-state index is -0.194. The molecule has 5 rings (SSSR count). The minimum Gasteiger partial charge on any atom is -0.361 e. The van der Waals surface area contributed by atoms with Crippen molar-refractivity contribution >= 4 is 16.8 Å². The van der Waals surface area contributed by atoms with Crippen LogP contribution in [-0.4, -0.2) is 41.5 Å². The topological polar surface area (TPSA) is 48.1 Å². The average molecular weight is 410 g/mol. The zero-order valence-corrected chi connectivity index (χ0v) is 17.5. The Balaban J connectivity index is 1.37. The van der Waals surface area contributed by atoms with Crippen molar-refractivity contribution in [1.82, 2.24) is 15.2 Å². The van der Waals surface area contributed by atoms with E-state index in [9.17, 15) is 4.79 Å². The smallest absolute Gasteiger partial charge is 0.240 e. The maximum atomic E-state index is 13.4. The van der Waals surface area contributed by atoms with Gasteiger partial charge in [-0.3, -0.25) is 4.79 Å². The van der Waals surface area contributed by atoms with Gasteiger partial charge in [-0.05, 0) is 29.2 Å². The van der Waals surface area contributed by atoms with Crippen LogP contribution in [0.3, 0.4) is 0 Å². The number of rotatable bonds is 6. The largest absolute Gasteiger partial charge is 0.361 e. The molecule has 2 heterocycles. The van der Waals surface area contributed by atoms with E-state index in [4.69, 9.17) is 0 Å². The number of hydrogen-bond acceptors (Lipinski definition) is 2. The number of benzene rings is 3. The summed E-state index contributed by atoms with van der Waals surface area (Å²) in [4.78, 5) is 18.8. The molecule has 0 radical (unpaired) electrons. The SMILES string of the molecule is O=C1C(Cc2c[nH]c3ccccc23)NCCN1CC(c1ccccc1)c1ccccc1. The third-order valence-electron chi connectivity index (χ3n) is 6.29. The van der Waals surface area contributed by atoms with Crippen LogP contribution in [0.15, 0.2) is 91.1 Å². The van der Waals surface area contributed by atoms with Gasteiger partial charge in [-0.1, -0.05) is 78.9 Å². The third kappa shape index (κ3) is 4.12. The highest BCUT2D eigenvalue weighted by Gasteiger charge is 2.31. The molecule has 0 bridgehead atoms. The van der Waals surface area contributed by atoms with Crippen LogP contribution in [0.2, 0.25) is 0 Å². The Hall–Kier alpha value is -3.37. The van der Waals surface area contributed by atoms with Crippen molar-refractivity contribution in [2.45, 2.75) is 18.4 Å². The Morgan fingerprint density at radius 3 is 2.23 bits per heavy atom. The molecule has 0 saturated carbocycles. The van der Waals surface area contributed by atoms with Gasteiger partial charge < -0.3 is 15.2 Å². The second kappa shape index (κ2) is 8.78. The van der Waals surface area contributed by atoms with E-state index in [1.807, 2.05) is 35.4 Å². The van der Waals surface area contributed by atoms with Crippen molar-refractivity contribution in [3.8, 4) is 0 Å². The van der Waals surface area contributed by atoms with E-state index >= 15 is 0 Å². The number of aromatic amines is 1. The van der Waals surface area contributed by atoms with E-state index in [-0.39, 0.29) is 17.9 Å². The highest BCUT2D eigenvalue weighted by Crippen LogP contribution is 2.27. The van der Waals surface area contributed by atoms with E-state index in [0.29, 0.717) is 13.0 Å². The van der Waals surface area contributed by atoms with Gasteiger partial charge in [-0.2, -0.15) is 0 Å². The molecule has 156 valence electrons. The number of H-pyrrole nitrogens is 1. The van der Waals surface area contributed by atoms with Crippen LogP contribution in [-0.2, 0) is 11.2 Å². The number of hydrogen-bond donors (Lipinski definition) is 2. The van der Waals surface area contributed by atoms with Crippen LogP contribution in [0.5, 0.6) is 0 Å². The maximum absolute atomic E-state index is 13.4. The molecule has 4 aromatic rings. The number of carbonyl (C=O) groups excluding carboxylic acids is 1. The van der Waals surface area contributed by atoms with Crippen molar-refractivity contribution in [3.63, 3.8) is 0 Å². The fourth-order valence-corrected chi connectivity index (χ4v) is 4.65. The summed E-state index contributed by atoms with van der Waals surface area (Å²) in [5.74, 6) is 0.353. The number of piperazine rings is 1. The molecule has 1 aliphatic heterocycles. The van der Waals surface area contributed by atoms with Gasteiger partial charge >= 0.3 is 0 Å². The number of aromatic nitrogens is 1. The Kier molecular flexibility index (Phi) is 5.55. The first-order valence-electron chi connectivity index (χ1n) is 11.0. The number of nitrogens with one attached hydrogen (secondary N) is 2. The average Bonchev–Trinajstić information content (AvgIpc) is 3.24. The third-order valence-corrected chi connectivity index (χ3v) is 6.29. The Morgan fingerprint density at radius 1 is 0.871 bits per heavy atom. The lowest BCUT2D eigenvalue weighted by atomic mass is 9.90. The van der Waals surface area contributed by atoms with Crippen LogP contribution < -0.4 is 5.32 Å². The Morgan fingerprint density at radius 2 is 1.52 bits per heavy atom. The zero-order chi connectivity index (χ0) is 21.0. The second-order valence-corrected chi connectivity index (χ2v) is 8.23. The van der Waals surface area contributed by atoms with E-state index in [1.54, 1.807) is 0 Å². The number of carbonyl (C=O) groups is 1. The highest BCUT2D eigenvalue weighted by atomic mass is 16.2. The fourth-order valence-electron chi connectivity index (χ4n) is 4.65. The predicted molar refractivity (Wildman–Crippen MR) is 125 cm³/mol. The van der Waals surface area contributed by atoms with Crippen molar-refractivity contribution in [3.05, 3.63) is 108 Å². The molecule has 1 aliphatic rings. The molecule has 1 saturated heterocycles. The minimum absolute atomic E-state index is 0.165. The molecule has 1 atom stereocenters. The van der Waals surface area contributed by atoms with Crippen LogP contribution in [0, 0.1) is 0 Å². The molecular weight excluding hydrogens is 382 g/mol. The first-order valence-corrected chi connectivity index (χ1v) is 11.0. The fraction of sp³-hybridized carbons (Fsp3) is 0.222. The maximum Gasteiger partial charge on any atom is 0.240 e. The summed E-state index contributed by atoms with van der Waals surface area (Å²) in [6, 6.07) is 29.1. The van der Waals surface area contributed by atoms with E-state index < -0.39 is 0 Å². The van der Waals surface area contributed by atoms with Crippen LogP contribution in [0.25, 0.3) is 10.9 Å². The van der Waals surface area contributed by atoms with Crippen molar-refractivity contribution in [1.29, 1.82) is 0 Å². The summed E-state index contributed by atoms with van der Waals surface area (Å²) in [7, 11) is 0. The lowest BCUT2D eigenvalue weighted by Crippen LogP contribution is -2.56. The van der Waals surface area contributed by atoms with Crippen molar-refractivity contribution in [2.24, 2.45) is 0 Å². The quantitative estimate of drug-likeness (QED) is 0.498. The van der Waals surface area contributed by atoms with Gasteiger partial charge in [0.1, 0.15) is 0 Å². The normalized spacial score (nSPS) is 16.9. The zero-order valence-electron chi connectivity index (χ0n) is 17.5.